The van der Waals surface area contributed by atoms with Gasteiger partial charge in [0.2, 0.25) is 5.91 Å². The van der Waals surface area contributed by atoms with Gasteiger partial charge in [-0.25, -0.2) is 0 Å². The van der Waals surface area contributed by atoms with E-state index in [-0.39, 0.29) is 11.7 Å². The Kier molecular flexibility index (Phi) is 4.75. The van der Waals surface area contributed by atoms with E-state index in [9.17, 15) is 4.79 Å². The monoisotopic (exact) mass is 281 g/mol. The highest BCUT2D eigenvalue weighted by Crippen LogP contribution is 2.31. The van der Waals surface area contributed by atoms with Gasteiger partial charge in [0, 0.05) is 12.6 Å². The lowest BCUT2D eigenvalue weighted by atomic mass is 9.97. The highest BCUT2D eigenvalue weighted by molar-refractivity contribution is 5.88. The number of rotatable bonds is 4. The van der Waals surface area contributed by atoms with Gasteiger partial charge >= 0.3 is 0 Å². The zero-order valence-corrected chi connectivity index (χ0v) is 13.8. The van der Waals surface area contributed by atoms with E-state index in [4.69, 9.17) is 0 Å². The molecule has 116 valence electrons. The maximum absolute atomic E-state index is 12.9. The summed E-state index contributed by atoms with van der Waals surface area (Å²) >= 11 is 0. The van der Waals surface area contributed by atoms with Crippen LogP contribution in [0.4, 0.5) is 0 Å². The summed E-state index contributed by atoms with van der Waals surface area (Å²) in [5.41, 5.74) is -0.366. The van der Waals surface area contributed by atoms with Crippen molar-refractivity contribution in [2.45, 2.75) is 71.1 Å². The standard InChI is InChI=1S/C16H31N3O/c1-6-16(4)15(20)19(14(17-16)10-12(2)3)13-8-7-9-18(5)11-13/h12-14,17H,6-11H2,1-5H3. The molecule has 0 aromatic carbocycles. The molecule has 0 saturated carbocycles. The molecular formula is C16H31N3O. The molecule has 4 nitrogen and oxygen atoms in total. The van der Waals surface area contributed by atoms with E-state index >= 15 is 0 Å². The largest absolute Gasteiger partial charge is 0.321 e. The molecule has 0 aromatic rings. The van der Waals surface area contributed by atoms with Crippen molar-refractivity contribution in [3.8, 4) is 0 Å². The third-order valence-electron chi connectivity index (χ3n) is 4.92. The van der Waals surface area contributed by atoms with Crippen molar-refractivity contribution < 1.29 is 4.79 Å². The van der Waals surface area contributed by atoms with E-state index in [1.807, 2.05) is 0 Å². The van der Waals surface area contributed by atoms with Crippen molar-refractivity contribution in [3.63, 3.8) is 0 Å². The molecule has 3 atom stereocenters. The summed E-state index contributed by atoms with van der Waals surface area (Å²) in [6.07, 6.45) is 4.46. The summed E-state index contributed by atoms with van der Waals surface area (Å²) < 4.78 is 0. The van der Waals surface area contributed by atoms with Gasteiger partial charge in [-0.15, -0.1) is 0 Å². The maximum atomic E-state index is 12.9. The third-order valence-corrected chi connectivity index (χ3v) is 4.92. The quantitative estimate of drug-likeness (QED) is 0.857. The van der Waals surface area contributed by atoms with Gasteiger partial charge < -0.3 is 9.80 Å². The van der Waals surface area contributed by atoms with Crippen LogP contribution in [0.25, 0.3) is 0 Å². The Morgan fingerprint density at radius 1 is 1.45 bits per heavy atom. The van der Waals surface area contributed by atoms with Crippen LogP contribution in [0.15, 0.2) is 0 Å². The van der Waals surface area contributed by atoms with Crippen LogP contribution >= 0.6 is 0 Å². The van der Waals surface area contributed by atoms with Crippen molar-refractivity contribution >= 4 is 5.91 Å². The van der Waals surface area contributed by atoms with Gasteiger partial charge in [0.1, 0.15) is 0 Å². The van der Waals surface area contributed by atoms with Crippen LogP contribution in [-0.2, 0) is 4.79 Å². The topological polar surface area (TPSA) is 35.6 Å². The van der Waals surface area contributed by atoms with E-state index in [1.54, 1.807) is 0 Å². The van der Waals surface area contributed by atoms with Crippen LogP contribution in [0.2, 0.25) is 0 Å². The first-order chi connectivity index (χ1) is 9.37. The zero-order valence-electron chi connectivity index (χ0n) is 13.8. The van der Waals surface area contributed by atoms with Gasteiger partial charge in [-0.3, -0.25) is 10.1 Å². The lowest BCUT2D eigenvalue weighted by Gasteiger charge is -2.39. The molecule has 4 heteroatoms. The summed E-state index contributed by atoms with van der Waals surface area (Å²) in [4.78, 5) is 17.4. The Morgan fingerprint density at radius 2 is 2.15 bits per heavy atom. The van der Waals surface area contributed by atoms with Crippen molar-refractivity contribution in [2.24, 2.45) is 5.92 Å². The number of amides is 1. The Balaban J connectivity index is 2.19. The Labute approximate surface area is 123 Å². The molecule has 2 aliphatic heterocycles. The molecule has 0 aromatic heterocycles. The molecular weight excluding hydrogens is 250 g/mol. The van der Waals surface area contributed by atoms with Crippen molar-refractivity contribution in [3.05, 3.63) is 0 Å². The normalized spacial score (nSPS) is 36.1. The number of hydrogen-bond acceptors (Lipinski definition) is 3. The Hall–Kier alpha value is -0.610. The van der Waals surface area contributed by atoms with Crippen LogP contribution in [-0.4, -0.2) is 53.6 Å². The van der Waals surface area contributed by atoms with Crippen LogP contribution in [0.3, 0.4) is 0 Å². The van der Waals surface area contributed by atoms with Crippen molar-refractivity contribution in [1.29, 1.82) is 0 Å². The molecule has 2 heterocycles. The number of carbonyl (C=O) groups excluding carboxylic acids is 1. The zero-order chi connectivity index (χ0) is 14.9. The number of nitrogens with zero attached hydrogens (tertiary/aromatic N) is 2. The van der Waals surface area contributed by atoms with Crippen LogP contribution in [0.1, 0.15) is 53.4 Å². The van der Waals surface area contributed by atoms with Crippen LogP contribution in [0, 0.1) is 5.92 Å². The number of likely N-dealkylation sites (tertiary alicyclic amines) is 1. The lowest BCUT2D eigenvalue weighted by Crippen LogP contribution is -2.52. The van der Waals surface area contributed by atoms with E-state index in [1.165, 1.54) is 6.42 Å². The Bertz CT molecular complexity index is 358. The molecule has 0 aliphatic carbocycles. The molecule has 1 N–H and O–H groups in total. The first kappa shape index (κ1) is 15.8. The fourth-order valence-corrected chi connectivity index (χ4v) is 3.58. The van der Waals surface area contributed by atoms with Gasteiger partial charge in [0.25, 0.3) is 0 Å². The minimum absolute atomic E-state index is 0.212. The average Bonchev–Trinajstić information content (AvgIpc) is 2.61. The van der Waals surface area contributed by atoms with Gasteiger partial charge in [-0.05, 0) is 52.1 Å². The van der Waals surface area contributed by atoms with Crippen LogP contribution in [0.5, 0.6) is 0 Å². The van der Waals surface area contributed by atoms with Gasteiger partial charge in [0.05, 0.1) is 11.7 Å². The fourth-order valence-electron chi connectivity index (χ4n) is 3.58. The van der Waals surface area contributed by atoms with E-state index in [0.29, 0.717) is 17.9 Å². The Morgan fingerprint density at radius 3 is 2.70 bits per heavy atom. The molecule has 3 unspecified atom stereocenters. The minimum Gasteiger partial charge on any atom is -0.321 e. The van der Waals surface area contributed by atoms with Gasteiger partial charge in [-0.2, -0.15) is 0 Å². The van der Waals surface area contributed by atoms with E-state index in [2.05, 4.69) is 49.9 Å². The first-order valence-electron chi connectivity index (χ1n) is 8.16. The number of piperidine rings is 1. The summed E-state index contributed by atoms with van der Waals surface area (Å²) in [5.74, 6) is 0.911. The maximum Gasteiger partial charge on any atom is 0.244 e. The second-order valence-electron chi connectivity index (χ2n) is 7.25. The molecule has 1 amide bonds. The van der Waals surface area contributed by atoms with Gasteiger partial charge in [-0.1, -0.05) is 20.8 Å². The minimum atomic E-state index is -0.366. The number of hydrogen-bond donors (Lipinski definition) is 1. The first-order valence-corrected chi connectivity index (χ1v) is 8.16. The predicted molar refractivity (Wildman–Crippen MR) is 82.4 cm³/mol. The highest BCUT2D eigenvalue weighted by atomic mass is 16.2. The SMILES string of the molecule is CCC1(C)NC(CC(C)C)N(C2CCCN(C)C2)C1=O. The number of nitrogens with one attached hydrogen (secondary N) is 1. The van der Waals surface area contributed by atoms with E-state index in [0.717, 1.165) is 32.4 Å². The molecule has 2 saturated heterocycles. The summed E-state index contributed by atoms with van der Waals surface area (Å²) in [6.45, 7) is 10.8. The predicted octanol–water partition coefficient (Wildman–Crippen LogP) is 2.05. The van der Waals surface area contributed by atoms with Crippen molar-refractivity contribution in [2.75, 3.05) is 20.1 Å². The molecule has 20 heavy (non-hydrogen) atoms. The van der Waals surface area contributed by atoms with Crippen LogP contribution < -0.4 is 5.32 Å². The summed E-state index contributed by atoms with van der Waals surface area (Å²) in [6, 6.07) is 0.380. The number of likely N-dealkylation sites (N-methyl/N-ethyl adjacent to an activating group) is 1. The second-order valence-corrected chi connectivity index (χ2v) is 7.25. The van der Waals surface area contributed by atoms with E-state index < -0.39 is 0 Å². The van der Waals surface area contributed by atoms with Crippen molar-refractivity contribution in [1.82, 2.24) is 15.1 Å². The average molecular weight is 281 g/mol. The molecule has 0 spiro atoms. The summed E-state index contributed by atoms with van der Waals surface area (Å²) in [5, 5.41) is 3.62. The lowest BCUT2D eigenvalue weighted by molar-refractivity contribution is -0.136. The third kappa shape index (κ3) is 3.01. The fraction of sp³-hybridized carbons (Fsp3) is 0.938. The molecule has 2 fully saturated rings. The summed E-state index contributed by atoms with van der Waals surface area (Å²) in [7, 11) is 2.16. The highest BCUT2D eigenvalue weighted by Gasteiger charge is 2.49. The molecule has 0 radical (unpaired) electrons. The smallest absolute Gasteiger partial charge is 0.244 e. The number of carbonyl (C=O) groups is 1. The molecule has 2 rings (SSSR count). The molecule has 0 bridgehead atoms. The van der Waals surface area contributed by atoms with Gasteiger partial charge in [0.15, 0.2) is 0 Å². The second kappa shape index (κ2) is 6.02. The molecule has 2 aliphatic rings.